The predicted octanol–water partition coefficient (Wildman–Crippen LogP) is 2.54. The average molecular weight is 348 g/mol. The molecule has 1 saturated carbocycles. The molecule has 0 unspecified atom stereocenters. The summed E-state index contributed by atoms with van der Waals surface area (Å²) in [5.41, 5.74) is 0. The fourth-order valence-electron chi connectivity index (χ4n) is 1.63. The fourth-order valence-corrected chi connectivity index (χ4v) is 3.30. The summed E-state index contributed by atoms with van der Waals surface area (Å²) in [5.74, 6) is 0.748. The summed E-state index contributed by atoms with van der Waals surface area (Å²) >= 11 is 3.26. The summed E-state index contributed by atoms with van der Waals surface area (Å²) in [5, 5.41) is 0. The Morgan fingerprint density at radius 2 is 2.16 bits per heavy atom. The lowest BCUT2D eigenvalue weighted by Crippen LogP contribution is -2.25. The standard InChI is InChI=1S/C13H18BrNO3S/c14-12-3-1-4-13(9-12)19(16,17)15-7-2-8-18-10-11-5-6-11/h1,3-4,9,11,15H,2,5-8,10H2. The Bertz CT molecular complexity index is 514. The van der Waals surface area contributed by atoms with Gasteiger partial charge >= 0.3 is 0 Å². The van der Waals surface area contributed by atoms with Crippen LogP contribution in [0.2, 0.25) is 0 Å². The van der Waals surface area contributed by atoms with Crippen LogP contribution < -0.4 is 4.72 Å². The monoisotopic (exact) mass is 347 g/mol. The summed E-state index contributed by atoms with van der Waals surface area (Å²) in [6.45, 7) is 1.83. The maximum atomic E-state index is 12.0. The minimum absolute atomic E-state index is 0.278. The highest BCUT2D eigenvalue weighted by Crippen LogP contribution is 2.28. The Morgan fingerprint density at radius 1 is 1.37 bits per heavy atom. The van der Waals surface area contributed by atoms with Gasteiger partial charge in [-0.05, 0) is 43.4 Å². The number of hydrogen-bond donors (Lipinski definition) is 1. The summed E-state index contributed by atoms with van der Waals surface area (Å²) in [4.78, 5) is 0.278. The summed E-state index contributed by atoms with van der Waals surface area (Å²) in [6, 6.07) is 6.67. The van der Waals surface area contributed by atoms with Crippen LogP contribution in [0, 0.1) is 5.92 Å². The van der Waals surface area contributed by atoms with Crippen molar-refractivity contribution in [1.29, 1.82) is 0 Å². The second-order valence-electron chi connectivity index (χ2n) is 4.73. The highest BCUT2D eigenvalue weighted by atomic mass is 79.9. The van der Waals surface area contributed by atoms with Crippen LogP contribution in [0.5, 0.6) is 0 Å². The van der Waals surface area contributed by atoms with Crippen LogP contribution in [0.25, 0.3) is 0 Å². The number of ether oxygens (including phenoxy) is 1. The lowest BCUT2D eigenvalue weighted by Gasteiger charge is -2.07. The van der Waals surface area contributed by atoms with Crippen molar-refractivity contribution >= 4 is 26.0 Å². The summed E-state index contributed by atoms with van der Waals surface area (Å²) < 4.78 is 32.7. The second-order valence-corrected chi connectivity index (χ2v) is 7.41. The molecule has 0 aromatic heterocycles. The zero-order valence-electron chi connectivity index (χ0n) is 10.6. The van der Waals surface area contributed by atoms with E-state index < -0.39 is 10.0 Å². The van der Waals surface area contributed by atoms with Crippen LogP contribution in [-0.4, -0.2) is 28.2 Å². The van der Waals surface area contributed by atoms with E-state index in [0.29, 0.717) is 19.6 Å². The quantitative estimate of drug-likeness (QED) is 0.735. The van der Waals surface area contributed by atoms with Crippen molar-refractivity contribution in [2.45, 2.75) is 24.2 Å². The van der Waals surface area contributed by atoms with E-state index in [-0.39, 0.29) is 4.90 Å². The van der Waals surface area contributed by atoms with Crippen LogP contribution in [0.15, 0.2) is 33.6 Å². The first-order chi connectivity index (χ1) is 9.08. The van der Waals surface area contributed by atoms with Gasteiger partial charge in [0, 0.05) is 24.2 Å². The van der Waals surface area contributed by atoms with Crippen LogP contribution in [0.1, 0.15) is 19.3 Å². The maximum absolute atomic E-state index is 12.0. The molecule has 0 saturated heterocycles. The number of rotatable bonds is 8. The Labute approximate surface area is 122 Å². The Hall–Kier alpha value is -0.430. The highest BCUT2D eigenvalue weighted by molar-refractivity contribution is 9.10. The largest absolute Gasteiger partial charge is 0.381 e. The smallest absolute Gasteiger partial charge is 0.240 e. The highest BCUT2D eigenvalue weighted by Gasteiger charge is 2.20. The van der Waals surface area contributed by atoms with Gasteiger partial charge < -0.3 is 4.74 Å². The van der Waals surface area contributed by atoms with Gasteiger partial charge in [0.15, 0.2) is 0 Å². The van der Waals surface area contributed by atoms with E-state index >= 15 is 0 Å². The van der Waals surface area contributed by atoms with E-state index in [9.17, 15) is 8.42 Å². The van der Waals surface area contributed by atoms with Crippen molar-refractivity contribution in [3.8, 4) is 0 Å². The SMILES string of the molecule is O=S(=O)(NCCCOCC1CC1)c1cccc(Br)c1. The summed E-state index contributed by atoms with van der Waals surface area (Å²) in [6.07, 6.45) is 3.24. The lowest BCUT2D eigenvalue weighted by molar-refractivity contribution is 0.123. The molecule has 1 aliphatic carbocycles. The van der Waals surface area contributed by atoms with E-state index in [1.165, 1.54) is 12.8 Å². The van der Waals surface area contributed by atoms with E-state index in [1.807, 2.05) is 0 Å². The van der Waals surface area contributed by atoms with Gasteiger partial charge in [0.2, 0.25) is 10.0 Å². The van der Waals surface area contributed by atoms with Crippen molar-refractivity contribution < 1.29 is 13.2 Å². The first-order valence-electron chi connectivity index (χ1n) is 6.41. The molecule has 19 heavy (non-hydrogen) atoms. The van der Waals surface area contributed by atoms with Gasteiger partial charge in [-0.25, -0.2) is 13.1 Å². The molecule has 0 heterocycles. The summed E-state index contributed by atoms with van der Waals surface area (Å²) in [7, 11) is -3.41. The fraction of sp³-hybridized carbons (Fsp3) is 0.538. The lowest BCUT2D eigenvalue weighted by atomic mass is 10.4. The molecule has 1 N–H and O–H groups in total. The second kappa shape index (κ2) is 6.83. The number of benzene rings is 1. The van der Waals surface area contributed by atoms with Crippen molar-refractivity contribution in [2.24, 2.45) is 5.92 Å². The van der Waals surface area contributed by atoms with Gasteiger partial charge in [0.1, 0.15) is 0 Å². The molecular formula is C13H18BrNO3S. The van der Waals surface area contributed by atoms with Crippen molar-refractivity contribution in [2.75, 3.05) is 19.8 Å². The molecule has 0 atom stereocenters. The first kappa shape index (κ1) is 15.0. The molecule has 1 aromatic rings. The predicted molar refractivity (Wildman–Crippen MR) is 77.5 cm³/mol. The van der Waals surface area contributed by atoms with E-state index in [0.717, 1.165) is 17.0 Å². The Morgan fingerprint density at radius 3 is 2.84 bits per heavy atom. The molecule has 4 nitrogen and oxygen atoms in total. The minimum Gasteiger partial charge on any atom is -0.381 e. The topological polar surface area (TPSA) is 55.4 Å². The molecule has 106 valence electrons. The van der Waals surface area contributed by atoms with Crippen LogP contribution >= 0.6 is 15.9 Å². The molecule has 1 fully saturated rings. The molecule has 0 aliphatic heterocycles. The van der Waals surface area contributed by atoms with Crippen LogP contribution in [0.3, 0.4) is 0 Å². The first-order valence-corrected chi connectivity index (χ1v) is 8.68. The zero-order valence-corrected chi connectivity index (χ0v) is 13.0. The molecule has 1 aromatic carbocycles. The molecule has 0 bridgehead atoms. The van der Waals surface area contributed by atoms with Crippen LogP contribution in [-0.2, 0) is 14.8 Å². The number of nitrogens with one attached hydrogen (secondary N) is 1. The number of sulfonamides is 1. The van der Waals surface area contributed by atoms with E-state index in [2.05, 4.69) is 20.7 Å². The van der Waals surface area contributed by atoms with Crippen molar-refractivity contribution in [1.82, 2.24) is 4.72 Å². The number of hydrogen-bond acceptors (Lipinski definition) is 3. The van der Waals surface area contributed by atoms with Gasteiger partial charge in [-0.15, -0.1) is 0 Å². The average Bonchev–Trinajstić information content (AvgIpc) is 3.17. The molecule has 6 heteroatoms. The third kappa shape index (κ3) is 5.22. The molecule has 0 spiro atoms. The molecular weight excluding hydrogens is 330 g/mol. The zero-order chi connectivity index (χ0) is 13.7. The number of halogens is 1. The Kier molecular flexibility index (Phi) is 5.38. The van der Waals surface area contributed by atoms with Gasteiger partial charge in [0.05, 0.1) is 4.90 Å². The minimum atomic E-state index is -3.41. The van der Waals surface area contributed by atoms with Gasteiger partial charge in [-0.2, -0.15) is 0 Å². The van der Waals surface area contributed by atoms with E-state index in [4.69, 9.17) is 4.74 Å². The molecule has 1 aliphatic rings. The van der Waals surface area contributed by atoms with Gasteiger partial charge in [0.25, 0.3) is 0 Å². The normalized spacial score (nSPS) is 15.6. The molecule has 0 amide bonds. The van der Waals surface area contributed by atoms with Gasteiger partial charge in [-0.1, -0.05) is 22.0 Å². The third-order valence-electron chi connectivity index (χ3n) is 2.91. The third-order valence-corrected chi connectivity index (χ3v) is 4.87. The van der Waals surface area contributed by atoms with E-state index in [1.54, 1.807) is 24.3 Å². The van der Waals surface area contributed by atoms with Crippen molar-refractivity contribution in [3.05, 3.63) is 28.7 Å². The van der Waals surface area contributed by atoms with Crippen LogP contribution in [0.4, 0.5) is 0 Å². The Balaban J connectivity index is 1.71. The van der Waals surface area contributed by atoms with Gasteiger partial charge in [-0.3, -0.25) is 0 Å². The van der Waals surface area contributed by atoms with Crippen molar-refractivity contribution in [3.63, 3.8) is 0 Å². The molecule has 2 rings (SSSR count). The molecule has 0 radical (unpaired) electrons. The maximum Gasteiger partial charge on any atom is 0.240 e.